The number of imidazole rings is 1. The van der Waals surface area contributed by atoms with Crippen LogP contribution in [-0.2, 0) is 13.1 Å². The van der Waals surface area contributed by atoms with E-state index in [9.17, 15) is 8.78 Å². The maximum Gasteiger partial charge on any atom is 0.387 e. The van der Waals surface area contributed by atoms with Crippen molar-refractivity contribution in [2.45, 2.75) is 19.7 Å². The van der Waals surface area contributed by atoms with Gasteiger partial charge < -0.3 is 15.4 Å². The van der Waals surface area contributed by atoms with Crippen LogP contribution in [0, 0.1) is 0 Å². The minimum Gasteiger partial charge on any atom is -0.434 e. The fourth-order valence-electron chi connectivity index (χ4n) is 2.30. The van der Waals surface area contributed by atoms with Crippen LogP contribution in [0.4, 0.5) is 8.78 Å². The number of hydrogen-bond acceptors (Lipinski definition) is 4. The van der Waals surface area contributed by atoms with Crippen molar-refractivity contribution in [2.24, 2.45) is 4.99 Å². The maximum absolute atomic E-state index is 12.4. The summed E-state index contributed by atoms with van der Waals surface area (Å²) in [5.74, 6) is 0.693. The summed E-state index contributed by atoms with van der Waals surface area (Å²) in [4.78, 5) is 9.53. The summed E-state index contributed by atoms with van der Waals surface area (Å²) in [7, 11) is 1.64. The van der Waals surface area contributed by atoms with E-state index < -0.39 is 6.61 Å². The minimum atomic E-state index is -2.85. The molecule has 0 amide bonds. The summed E-state index contributed by atoms with van der Waals surface area (Å²) in [6.07, 6.45) is 3.89. The van der Waals surface area contributed by atoms with Gasteiger partial charge in [-0.2, -0.15) is 8.78 Å². The normalized spacial score (nSPS) is 11.9. The molecule has 0 aliphatic carbocycles. The number of rotatable bonds is 6. The largest absolute Gasteiger partial charge is 0.434 e. The molecule has 3 aromatic rings. The van der Waals surface area contributed by atoms with E-state index in [0.717, 1.165) is 10.7 Å². The highest BCUT2D eigenvalue weighted by Gasteiger charge is 2.10. The number of aromatic nitrogens is 2. The molecule has 0 aliphatic rings. The van der Waals surface area contributed by atoms with Gasteiger partial charge in [0.25, 0.3) is 0 Å². The summed E-state index contributed by atoms with van der Waals surface area (Å²) >= 11 is 1.57. The third-order valence-corrected chi connectivity index (χ3v) is 4.21. The molecule has 2 heterocycles. The third-order valence-electron chi connectivity index (χ3n) is 3.44. The van der Waals surface area contributed by atoms with Gasteiger partial charge in [-0.15, -0.1) is 11.3 Å². The van der Waals surface area contributed by atoms with Gasteiger partial charge in [0.15, 0.2) is 10.9 Å². The number of benzene rings is 1. The van der Waals surface area contributed by atoms with E-state index in [1.807, 2.05) is 22.2 Å². The van der Waals surface area contributed by atoms with Crippen LogP contribution in [0.1, 0.15) is 11.3 Å². The lowest BCUT2D eigenvalue weighted by Crippen LogP contribution is -2.36. The lowest BCUT2D eigenvalue weighted by molar-refractivity contribution is -0.0504. The molecule has 2 aromatic heterocycles. The Morgan fingerprint density at radius 2 is 2.12 bits per heavy atom. The second kappa shape index (κ2) is 7.93. The Labute approximate surface area is 147 Å². The Morgan fingerprint density at radius 1 is 1.32 bits per heavy atom. The number of halogens is 2. The molecule has 0 saturated heterocycles. The van der Waals surface area contributed by atoms with Crippen LogP contribution < -0.4 is 15.4 Å². The summed E-state index contributed by atoms with van der Waals surface area (Å²) in [6, 6.07) is 6.65. The van der Waals surface area contributed by atoms with Crippen LogP contribution in [0.25, 0.3) is 4.96 Å². The number of fused-ring (bicyclic) bond motifs is 1. The van der Waals surface area contributed by atoms with Gasteiger partial charge in [0.2, 0.25) is 0 Å². The second-order valence-corrected chi connectivity index (χ2v) is 5.96. The molecule has 3 rings (SSSR count). The molecule has 0 fully saturated rings. The van der Waals surface area contributed by atoms with Crippen molar-refractivity contribution < 1.29 is 13.5 Å². The molecule has 6 nitrogen and oxygen atoms in total. The zero-order chi connectivity index (χ0) is 17.6. The number of guanidine groups is 1. The van der Waals surface area contributed by atoms with E-state index in [-0.39, 0.29) is 5.75 Å². The molecule has 1 aromatic carbocycles. The molecule has 0 unspecified atom stereocenters. The Morgan fingerprint density at radius 3 is 2.88 bits per heavy atom. The van der Waals surface area contributed by atoms with Crippen LogP contribution >= 0.6 is 11.3 Å². The zero-order valence-electron chi connectivity index (χ0n) is 13.4. The summed E-state index contributed by atoms with van der Waals surface area (Å²) in [5, 5.41) is 8.20. The highest BCUT2D eigenvalue weighted by molar-refractivity contribution is 7.15. The first-order valence-electron chi connectivity index (χ1n) is 7.54. The molecule has 0 bridgehead atoms. The first-order valence-corrected chi connectivity index (χ1v) is 8.42. The van der Waals surface area contributed by atoms with Crippen molar-refractivity contribution in [3.63, 3.8) is 0 Å². The molecule has 0 spiro atoms. The van der Waals surface area contributed by atoms with Crippen molar-refractivity contribution in [3.8, 4) is 5.75 Å². The molecule has 132 valence electrons. The SMILES string of the molecule is CN=C(NCc1cn2ccsc2n1)NCc1ccccc1OC(F)F. The number of para-hydroxylation sites is 1. The number of hydrogen-bond donors (Lipinski definition) is 2. The van der Waals surface area contributed by atoms with Crippen LogP contribution in [0.5, 0.6) is 5.75 Å². The molecular weight excluding hydrogens is 348 g/mol. The second-order valence-electron chi connectivity index (χ2n) is 5.09. The van der Waals surface area contributed by atoms with Crippen molar-refractivity contribution in [1.29, 1.82) is 0 Å². The van der Waals surface area contributed by atoms with E-state index in [4.69, 9.17) is 0 Å². The van der Waals surface area contributed by atoms with Crippen LogP contribution in [-0.4, -0.2) is 29.0 Å². The van der Waals surface area contributed by atoms with Crippen molar-refractivity contribution >= 4 is 22.3 Å². The smallest absolute Gasteiger partial charge is 0.387 e. The number of nitrogens with zero attached hydrogens (tertiary/aromatic N) is 3. The maximum atomic E-state index is 12.4. The van der Waals surface area contributed by atoms with Crippen LogP contribution in [0.3, 0.4) is 0 Å². The van der Waals surface area contributed by atoms with Gasteiger partial charge in [-0.05, 0) is 6.07 Å². The molecule has 0 radical (unpaired) electrons. The third kappa shape index (κ3) is 4.44. The van der Waals surface area contributed by atoms with Crippen molar-refractivity contribution in [1.82, 2.24) is 20.0 Å². The molecular formula is C16H17F2N5OS. The van der Waals surface area contributed by atoms with Crippen LogP contribution in [0.15, 0.2) is 47.0 Å². The number of aliphatic imine (C=N–C) groups is 1. The first kappa shape index (κ1) is 17.2. The average molecular weight is 365 g/mol. The van der Waals surface area contributed by atoms with Gasteiger partial charge in [-0.25, -0.2) is 4.98 Å². The Bertz CT molecular complexity index is 832. The predicted molar refractivity (Wildman–Crippen MR) is 93.2 cm³/mol. The Balaban J connectivity index is 1.57. The van der Waals surface area contributed by atoms with E-state index in [2.05, 4.69) is 25.3 Å². The van der Waals surface area contributed by atoms with Gasteiger partial charge in [0.05, 0.1) is 12.2 Å². The molecule has 25 heavy (non-hydrogen) atoms. The van der Waals surface area contributed by atoms with E-state index in [1.54, 1.807) is 36.6 Å². The van der Waals surface area contributed by atoms with E-state index >= 15 is 0 Å². The fourth-order valence-corrected chi connectivity index (χ4v) is 3.01. The van der Waals surface area contributed by atoms with Gasteiger partial charge >= 0.3 is 6.61 Å². The highest BCUT2D eigenvalue weighted by atomic mass is 32.1. The summed E-state index contributed by atoms with van der Waals surface area (Å²) < 4.78 is 31.4. The summed E-state index contributed by atoms with van der Waals surface area (Å²) in [6.45, 7) is -2.04. The number of nitrogens with one attached hydrogen (secondary N) is 2. The van der Waals surface area contributed by atoms with Crippen molar-refractivity contribution in [2.75, 3.05) is 7.05 Å². The number of alkyl halides is 2. The number of ether oxygens (including phenoxy) is 1. The predicted octanol–water partition coefficient (Wildman–Crippen LogP) is 2.86. The highest BCUT2D eigenvalue weighted by Crippen LogP contribution is 2.19. The van der Waals surface area contributed by atoms with Crippen molar-refractivity contribution in [3.05, 3.63) is 53.3 Å². The van der Waals surface area contributed by atoms with Gasteiger partial charge in [-0.3, -0.25) is 9.39 Å². The van der Waals surface area contributed by atoms with Gasteiger partial charge in [-0.1, -0.05) is 18.2 Å². The van der Waals surface area contributed by atoms with Gasteiger partial charge in [0.1, 0.15) is 5.75 Å². The summed E-state index contributed by atoms with van der Waals surface area (Å²) in [5.41, 5.74) is 1.50. The van der Waals surface area contributed by atoms with Gasteiger partial charge in [0, 0.05) is 36.9 Å². The van der Waals surface area contributed by atoms with Crippen LogP contribution in [0.2, 0.25) is 0 Å². The topological polar surface area (TPSA) is 63.0 Å². The molecule has 0 atom stereocenters. The minimum absolute atomic E-state index is 0.148. The standard InChI is InChI=1S/C16H17F2N5OS/c1-19-15(21-9-12-10-23-6-7-25-16(23)22-12)20-8-11-4-2-3-5-13(11)24-14(17)18/h2-7,10,14H,8-9H2,1H3,(H2,19,20,21). The molecule has 0 aliphatic heterocycles. The quantitative estimate of drug-likeness (QED) is 0.521. The first-order chi connectivity index (χ1) is 12.2. The Hall–Kier alpha value is -2.68. The molecule has 0 saturated carbocycles. The lowest BCUT2D eigenvalue weighted by atomic mass is 10.2. The molecule has 2 N–H and O–H groups in total. The fraction of sp³-hybridized carbons (Fsp3) is 0.250. The lowest BCUT2D eigenvalue weighted by Gasteiger charge is -2.14. The monoisotopic (exact) mass is 365 g/mol. The van der Waals surface area contributed by atoms with E-state index in [0.29, 0.717) is 24.6 Å². The van der Waals surface area contributed by atoms with E-state index in [1.165, 1.54) is 6.07 Å². The average Bonchev–Trinajstić information content (AvgIpc) is 3.17. The number of thiazole rings is 1. The Kier molecular flexibility index (Phi) is 5.44. The zero-order valence-corrected chi connectivity index (χ0v) is 14.3. The molecule has 9 heteroatoms.